The number of sulfone groups is 1. The molecule has 0 spiro atoms. The number of amides is 2. The summed E-state index contributed by atoms with van der Waals surface area (Å²) in [5.41, 5.74) is 0.722. The Morgan fingerprint density at radius 3 is 2.52 bits per heavy atom. The second kappa shape index (κ2) is 8.21. The largest absolute Gasteiger partial charge is 0.573 e. The number of alkyl halides is 3. The molecule has 3 rings (SSSR count). The van der Waals surface area contributed by atoms with Crippen molar-refractivity contribution in [1.29, 1.82) is 0 Å². The number of halogens is 3. The topological polar surface area (TPSA) is 92.8 Å². The summed E-state index contributed by atoms with van der Waals surface area (Å²) < 4.78 is 63.4. The van der Waals surface area contributed by atoms with E-state index >= 15 is 0 Å². The van der Waals surface area contributed by atoms with E-state index in [2.05, 4.69) is 10.1 Å². The second-order valence-electron chi connectivity index (χ2n) is 7.24. The number of hydrogen-bond donors (Lipinski definition) is 1. The summed E-state index contributed by atoms with van der Waals surface area (Å²) in [6, 6.07) is 5.01. The summed E-state index contributed by atoms with van der Waals surface area (Å²) in [5.74, 6) is -1.35. The maximum Gasteiger partial charge on any atom is 0.573 e. The first kappa shape index (κ1) is 21.4. The van der Waals surface area contributed by atoms with E-state index in [0.717, 1.165) is 5.56 Å². The van der Waals surface area contributed by atoms with Crippen molar-refractivity contribution < 1.29 is 35.9 Å². The van der Waals surface area contributed by atoms with Crippen LogP contribution >= 0.6 is 0 Å². The molecule has 2 aliphatic rings. The van der Waals surface area contributed by atoms with Gasteiger partial charge in [0, 0.05) is 25.6 Å². The highest BCUT2D eigenvalue weighted by molar-refractivity contribution is 7.91. The molecule has 2 atom stereocenters. The van der Waals surface area contributed by atoms with Gasteiger partial charge in [-0.1, -0.05) is 12.1 Å². The maximum atomic E-state index is 12.3. The molecule has 0 aliphatic carbocycles. The van der Waals surface area contributed by atoms with Crippen LogP contribution < -0.4 is 10.1 Å². The molecular weight excluding hydrogens is 413 g/mol. The van der Waals surface area contributed by atoms with Crippen LogP contribution in [0.3, 0.4) is 0 Å². The molecule has 0 aromatic heterocycles. The van der Waals surface area contributed by atoms with Gasteiger partial charge >= 0.3 is 6.36 Å². The fourth-order valence-electron chi connectivity index (χ4n) is 3.61. The molecule has 2 aliphatic heterocycles. The van der Waals surface area contributed by atoms with Crippen molar-refractivity contribution in [3.8, 4) is 5.75 Å². The Kier molecular flexibility index (Phi) is 6.06. The SMILES string of the molecule is O=C(NCCc1ccc(OC(F)(F)F)cc1)[C@@H]1CC(=O)N([C@H]2CCS(=O)(=O)C2)C1. The number of benzene rings is 1. The highest BCUT2D eigenvalue weighted by Gasteiger charge is 2.41. The van der Waals surface area contributed by atoms with Crippen molar-refractivity contribution in [2.75, 3.05) is 24.6 Å². The summed E-state index contributed by atoms with van der Waals surface area (Å²) in [7, 11) is -3.12. The molecule has 2 fully saturated rings. The Balaban J connectivity index is 1.45. The van der Waals surface area contributed by atoms with Gasteiger partial charge in [-0.2, -0.15) is 0 Å². The third-order valence-electron chi connectivity index (χ3n) is 5.05. The lowest BCUT2D eigenvalue weighted by Gasteiger charge is -2.22. The molecule has 2 amide bonds. The van der Waals surface area contributed by atoms with Crippen LogP contribution in [0.2, 0.25) is 0 Å². The summed E-state index contributed by atoms with van der Waals surface area (Å²) in [5, 5.41) is 2.73. The van der Waals surface area contributed by atoms with E-state index in [1.807, 2.05) is 0 Å². The molecule has 7 nitrogen and oxygen atoms in total. The van der Waals surface area contributed by atoms with Crippen LogP contribution in [0.15, 0.2) is 24.3 Å². The predicted octanol–water partition coefficient (Wildman–Crippen LogP) is 1.28. The Morgan fingerprint density at radius 1 is 1.24 bits per heavy atom. The molecule has 2 heterocycles. The smallest absolute Gasteiger partial charge is 0.406 e. The molecule has 11 heteroatoms. The van der Waals surface area contributed by atoms with Crippen LogP contribution in [0.4, 0.5) is 13.2 Å². The molecule has 0 radical (unpaired) electrons. The summed E-state index contributed by atoms with van der Waals surface area (Å²) in [6.07, 6.45) is -3.89. The van der Waals surface area contributed by atoms with E-state index in [-0.39, 0.29) is 54.6 Å². The lowest BCUT2D eigenvalue weighted by atomic mass is 10.1. The summed E-state index contributed by atoms with van der Waals surface area (Å²) >= 11 is 0. The minimum absolute atomic E-state index is 0.0475. The Morgan fingerprint density at radius 2 is 1.93 bits per heavy atom. The quantitative estimate of drug-likeness (QED) is 0.728. The van der Waals surface area contributed by atoms with Crippen molar-refractivity contribution >= 4 is 21.7 Å². The van der Waals surface area contributed by atoms with Crippen LogP contribution in [-0.2, 0) is 25.8 Å². The standard InChI is InChI=1S/C18H21F3N2O5S/c19-18(20,21)28-15-3-1-12(2-4-15)5-7-22-17(25)13-9-16(24)23(10-13)14-6-8-29(26,27)11-14/h1-4,13-14H,5-11H2,(H,22,25)/t13-,14+/m1/s1. The minimum Gasteiger partial charge on any atom is -0.406 e. The predicted molar refractivity (Wildman–Crippen MR) is 96.7 cm³/mol. The van der Waals surface area contributed by atoms with Crippen LogP contribution in [0.1, 0.15) is 18.4 Å². The summed E-state index contributed by atoms with van der Waals surface area (Å²) in [4.78, 5) is 26.0. The average molecular weight is 434 g/mol. The van der Waals surface area contributed by atoms with Gasteiger partial charge in [0.25, 0.3) is 0 Å². The fourth-order valence-corrected chi connectivity index (χ4v) is 5.34. The number of rotatable bonds is 6. The minimum atomic E-state index is -4.75. The van der Waals surface area contributed by atoms with Crippen molar-refractivity contribution in [2.45, 2.75) is 31.7 Å². The monoisotopic (exact) mass is 434 g/mol. The second-order valence-corrected chi connectivity index (χ2v) is 9.47. The van der Waals surface area contributed by atoms with E-state index in [4.69, 9.17) is 0 Å². The number of likely N-dealkylation sites (tertiary alicyclic amines) is 1. The lowest BCUT2D eigenvalue weighted by molar-refractivity contribution is -0.274. The number of hydrogen-bond acceptors (Lipinski definition) is 5. The van der Waals surface area contributed by atoms with Crippen molar-refractivity contribution in [1.82, 2.24) is 10.2 Å². The van der Waals surface area contributed by atoms with Crippen molar-refractivity contribution in [3.63, 3.8) is 0 Å². The third-order valence-corrected chi connectivity index (χ3v) is 6.80. The van der Waals surface area contributed by atoms with Gasteiger partial charge in [-0.05, 0) is 30.5 Å². The molecule has 2 saturated heterocycles. The molecular formula is C18H21F3N2O5S. The van der Waals surface area contributed by atoms with Crippen LogP contribution in [-0.4, -0.2) is 62.1 Å². The van der Waals surface area contributed by atoms with Gasteiger partial charge in [0.2, 0.25) is 11.8 Å². The van der Waals surface area contributed by atoms with Gasteiger partial charge < -0.3 is 15.0 Å². The Bertz CT molecular complexity index is 870. The van der Waals surface area contributed by atoms with E-state index in [9.17, 15) is 31.2 Å². The maximum absolute atomic E-state index is 12.3. The molecule has 160 valence electrons. The molecule has 1 aromatic carbocycles. The lowest BCUT2D eigenvalue weighted by Crippen LogP contribution is -2.39. The molecule has 29 heavy (non-hydrogen) atoms. The Labute approximate surface area is 166 Å². The van der Waals surface area contributed by atoms with Gasteiger partial charge in [-0.15, -0.1) is 13.2 Å². The first-order chi connectivity index (χ1) is 13.5. The zero-order valence-electron chi connectivity index (χ0n) is 15.4. The molecule has 0 saturated carbocycles. The van der Waals surface area contributed by atoms with Crippen molar-refractivity contribution in [3.05, 3.63) is 29.8 Å². The van der Waals surface area contributed by atoms with Crippen LogP contribution in [0, 0.1) is 5.92 Å². The number of nitrogens with one attached hydrogen (secondary N) is 1. The Hall–Kier alpha value is -2.30. The molecule has 0 bridgehead atoms. The van der Waals surface area contributed by atoms with Gasteiger partial charge in [0.05, 0.1) is 17.4 Å². The number of nitrogens with zero attached hydrogens (tertiary/aromatic N) is 1. The zero-order valence-corrected chi connectivity index (χ0v) is 16.3. The number of carbonyl (C=O) groups excluding carboxylic acids is 2. The van der Waals surface area contributed by atoms with Gasteiger partial charge in [0.1, 0.15) is 5.75 Å². The van der Waals surface area contributed by atoms with Gasteiger partial charge in [-0.3, -0.25) is 9.59 Å². The van der Waals surface area contributed by atoms with Crippen molar-refractivity contribution in [2.24, 2.45) is 5.92 Å². The first-order valence-corrected chi connectivity index (χ1v) is 11.0. The van der Waals surface area contributed by atoms with Crippen LogP contribution in [0.25, 0.3) is 0 Å². The molecule has 1 N–H and O–H groups in total. The number of ether oxygens (including phenoxy) is 1. The zero-order chi connectivity index (χ0) is 21.2. The molecule has 0 unspecified atom stereocenters. The average Bonchev–Trinajstić information content (AvgIpc) is 3.17. The highest BCUT2D eigenvalue weighted by Crippen LogP contribution is 2.26. The normalized spacial score (nSPS) is 24.0. The van der Waals surface area contributed by atoms with Gasteiger partial charge in [0.15, 0.2) is 9.84 Å². The third kappa shape index (κ3) is 5.84. The summed E-state index contributed by atoms with van der Waals surface area (Å²) in [6.45, 7) is 0.467. The van der Waals surface area contributed by atoms with E-state index < -0.39 is 22.1 Å². The number of carbonyl (C=O) groups is 2. The van der Waals surface area contributed by atoms with Gasteiger partial charge in [-0.25, -0.2) is 8.42 Å². The van der Waals surface area contributed by atoms with E-state index in [0.29, 0.717) is 12.8 Å². The molecule has 1 aromatic rings. The van der Waals surface area contributed by atoms with Crippen LogP contribution in [0.5, 0.6) is 5.75 Å². The fraction of sp³-hybridized carbons (Fsp3) is 0.556. The highest BCUT2D eigenvalue weighted by atomic mass is 32.2. The van der Waals surface area contributed by atoms with E-state index in [1.54, 1.807) is 0 Å². The first-order valence-electron chi connectivity index (χ1n) is 9.15. The van der Waals surface area contributed by atoms with E-state index in [1.165, 1.54) is 29.2 Å².